The van der Waals surface area contributed by atoms with E-state index in [0.717, 1.165) is 17.8 Å². The molecule has 3 atom stereocenters. The van der Waals surface area contributed by atoms with E-state index in [0.29, 0.717) is 6.42 Å². The Labute approximate surface area is 128 Å². The Morgan fingerprint density at radius 2 is 2.36 bits per heavy atom. The largest absolute Gasteiger partial charge is 0.462 e. The predicted octanol–water partition coefficient (Wildman–Crippen LogP) is 2.35. The number of amidine groups is 1. The molecule has 2 aliphatic rings. The van der Waals surface area contributed by atoms with Gasteiger partial charge in [-0.3, -0.25) is 10.1 Å². The van der Waals surface area contributed by atoms with Crippen LogP contribution in [-0.2, 0) is 10.3 Å². The predicted molar refractivity (Wildman–Crippen MR) is 77.1 cm³/mol. The van der Waals surface area contributed by atoms with Gasteiger partial charge in [0.05, 0.1) is 11.0 Å². The van der Waals surface area contributed by atoms with Gasteiger partial charge >= 0.3 is 0 Å². The highest BCUT2D eigenvalue weighted by atomic mass is 32.2. The van der Waals surface area contributed by atoms with Crippen molar-refractivity contribution in [3.05, 3.63) is 33.6 Å². The van der Waals surface area contributed by atoms with Crippen LogP contribution in [0.5, 0.6) is 0 Å². The van der Waals surface area contributed by atoms with Crippen LogP contribution in [0.2, 0.25) is 0 Å². The van der Waals surface area contributed by atoms with Crippen molar-refractivity contribution in [1.82, 2.24) is 0 Å². The molecule has 1 aromatic carbocycles. The Morgan fingerprint density at radius 3 is 2.95 bits per heavy atom. The molecule has 0 unspecified atom stereocenters. The summed E-state index contributed by atoms with van der Waals surface area (Å²) in [4.78, 5) is 14.5. The molecule has 9 heteroatoms. The van der Waals surface area contributed by atoms with Crippen LogP contribution in [0, 0.1) is 21.8 Å². The standard InChI is InChI=1S/C13H13F2N3O3S/c1-22-11-8(2-6(18(19)20)3-9(11)15)13(5-14)7-4-10(7)21-12(16)17-13/h2-3,7,10H,4-5H2,1H3,(H2,16,17)/t7-,10+,13-/m0/s1. The second-order valence-electron chi connectivity index (χ2n) is 5.27. The minimum Gasteiger partial charge on any atom is -0.462 e. The molecule has 1 aliphatic carbocycles. The van der Waals surface area contributed by atoms with Crippen LogP contribution in [0.25, 0.3) is 0 Å². The highest BCUT2D eigenvalue weighted by molar-refractivity contribution is 7.98. The lowest BCUT2D eigenvalue weighted by Gasteiger charge is -2.32. The van der Waals surface area contributed by atoms with Gasteiger partial charge in [0, 0.05) is 22.4 Å². The Balaban J connectivity index is 2.24. The summed E-state index contributed by atoms with van der Waals surface area (Å²) in [5.74, 6) is -1.06. The smallest absolute Gasteiger partial charge is 0.283 e. The minimum atomic E-state index is -1.42. The molecule has 1 aromatic rings. The Hall–Kier alpha value is -1.90. The Bertz CT molecular complexity index is 685. The van der Waals surface area contributed by atoms with Crippen LogP contribution >= 0.6 is 11.8 Å². The average Bonchev–Trinajstić information content (AvgIpc) is 3.24. The third kappa shape index (κ3) is 2.11. The third-order valence-corrected chi connectivity index (χ3v) is 4.86. The molecule has 0 amide bonds. The number of aliphatic imine (C=N–C) groups is 1. The molecule has 0 spiro atoms. The maximum Gasteiger partial charge on any atom is 0.283 e. The number of halogens is 2. The number of nitro groups is 1. The van der Waals surface area contributed by atoms with Crippen molar-refractivity contribution in [2.75, 3.05) is 12.9 Å². The van der Waals surface area contributed by atoms with Crippen molar-refractivity contribution in [3.63, 3.8) is 0 Å². The topological polar surface area (TPSA) is 90.8 Å². The zero-order chi connectivity index (χ0) is 16.1. The summed E-state index contributed by atoms with van der Waals surface area (Å²) in [5, 5.41) is 11.0. The molecule has 22 heavy (non-hydrogen) atoms. The van der Waals surface area contributed by atoms with Crippen LogP contribution in [0.15, 0.2) is 22.0 Å². The van der Waals surface area contributed by atoms with Gasteiger partial charge in [-0.2, -0.15) is 0 Å². The summed E-state index contributed by atoms with van der Waals surface area (Å²) in [6, 6.07) is 1.85. The number of nitro benzene ring substituents is 1. The van der Waals surface area contributed by atoms with Crippen LogP contribution in [-0.4, -0.2) is 30.0 Å². The van der Waals surface area contributed by atoms with Crippen molar-refractivity contribution in [1.29, 1.82) is 0 Å². The lowest BCUT2D eigenvalue weighted by Crippen LogP contribution is -2.39. The van der Waals surface area contributed by atoms with Crippen molar-refractivity contribution in [3.8, 4) is 0 Å². The number of benzene rings is 1. The molecule has 1 heterocycles. The molecule has 2 N–H and O–H groups in total. The molecular formula is C13H13F2N3O3S. The number of alkyl halides is 1. The average molecular weight is 329 g/mol. The maximum absolute atomic E-state index is 14.2. The molecule has 6 nitrogen and oxygen atoms in total. The normalized spacial score (nSPS) is 29.3. The van der Waals surface area contributed by atoms with Crippen LogP contribution in [0.1, 0.15) is 12.0 Å². The van der Waals surface area contributed by atoms with E-state index < -0.39 is 28.6 Å². The summed E-state index contributed by atoms with van der Waals surface area (Å²) in [5.41, 5.74) is 3.90. The molecule has 0 aromatic heterocycles. The lowest BCUT2D eigenvalue weighted by molar-refractivity contribution is -0.385. The van der Waals surface area contributed by atoms with Gasteiger partial charge in [0.1, 0.15) is 24.1 Å². The van der Waals surface area contributed by atoms with Crippen molar-refractivity contribution in [2.45, 2.75) is 23.0 Å². The van der Waals surface area contributed by atoms with Gasteiger partial charge in [-0.15, -0.1) is 11.8 Å². The molecule has 1 fully saturated rings. The van der Waals surface area contributed by atoms with Crippen molar-refractivity contribution < 1.29 is 18.4 Å². The number of rotatable bonds is 4. The van der Waals surface area contributed by atoms with Gasteiger partial charge in [0.15, 0.2) is 0 Å². The zero-order valence-corrected chi connectivity index (χ0v) is 12.4. The SMILES string of the molecule is CSc1c(F)cc([N+](=O)[O-])cc1[C@@]1(CF)N=C(N)O[C@@H]2C[C@@H]21. The first-order valence-electron chi connectivity index (χ1n) is 6.53. The first-order chi connectivity index (χ1) is 10.4. The second-order valence-corrected chi connectivity index (χ2v) is 6.09. The van der Waals surface area contributed by atoms with Gasteiger partial charge in [0.2, 0.25) is 0 Å². The molecule has 1 aliphatic heterocycles. The summed E-state index contributed by atoms with van der Waals surface area (Å²) in [6.07, 6.45) is 1.88. The minimum absolute atomic E-state index is 0.146. The number of nitrogens with zero attached hydrogens (tertiary/aromatic N) is 2. The van der Waals surface area contributed by atoms with E-state index in [2.05, 4.69) is 4.99 Å². The summed E-state index contributed by atoms with van der Waals surface area (Å²) < 4.78 is 33.4. The van der Waals surface area contributed by atoms with Gasteiger partial charge in [-0.1, -0.05) is 0 Å². The van der Waals surface area contributed by atoms with Crippen molar-refractivity contribution >= 4 is 23.5 Å². The van der Waals surface area contributed by atoms with E-state index in [4.69, 9.17) is 10.5 Å². The van der Waals surface area contributed by atoms with Gasteiger partial charge in [-0.25, -0.2) is 13.8 Å². The van der Waals surface area contributed by atoms with E-state index in [1.54, 1.807) is 6.26 Å². The van der Waals surface area contributed by atoms with E-state index >= 15 is 0 Å². The van der Waals surface area contributed by atoms with Crippen LogP contribution in [0.3, 0.4) is 0 Å². The number of ether oxygens (including phenoxy) is 1. The van der Waals surface area contributed by atoms with Crippen LogP contribution in [0.4, 0.5) is 14.5 Å². The highest BCUT2D eigenvalue weighted by Crippen LogP contribution is 2.55. The molecule has 0 saturated heterocycles. The monoisotopic (exact) mass is 329 g/mol. The fraction of sp³-hybridized carbons (Fsp3) is 0.462. The highest BCUT2D eigenvalue weighted by Gasteiger charge is 2.60. The third-order valence-electron chi connectivity index (χ3n) is 4.04. The number of non-ortho nitro benzene ring substituents is 1. The first kappa shape index (κ1) is 15.0. The Morgan fingerprint density at radius 1 is 1.64 bits per heavy atom. The summed E-state index contributed by atoms with van der Waals surface area (Å²) in [7, 11) is 0. The number of hydrogen-bond acceptors (Lipinski definition) is 6. The lowest BCUT2D eigenvalue weighted by atomic mass is 9.85. The molecule has 1 saturated carbocycles. The van der Waals surface area contributed by atoms with Gasteiger partial charge in [0.25, 0.3) is 11.7 Å². The molecule has 3 rings (SSSR count). The molecular weight excluding hydrogens is 316 g/mol. The molecule has 0 radical (unpaired) electrons. The summed E-state index contributed by atoms with van der Waals surface area (Å²) in [6.45, 7) is -0.924. The number of nitrogens with two attached hydrogens (primary N) is 1. The number of hydrogen-bond donors (Lipinski definition) is 1. The maximum atomic E-state index is 14.2. The van der Waals surface area contributed by atoms with Gasteiger partial charge < -0.3 is 10.5 Å². The van der Waals surface area contributed by atoms with Crippen molar-refractivity contribution in [2.24, 2.45) is 16.6 Å². The zero-order valence-electron chi connectivity index (χ0n) is 11.6. The van der Waals surface area contributed by atoms with E-state index in [1.165, 1.54) is 6.07 Å². The fourth-order valence-electron chi connectivity index (χ4n) is 2.94. The van der Waals surface area contributed by atoms with E-state index in [9.17, 15) is 18.9 Å². The summed E-state index contributed by atoms with van der Waals surface area (Å²) >= 11 is 1.06. The quantitative estimate of drug-likeness (QED) is 0.520. The fourth-order valence-corrected chi connectivity index (χ4v) is 3.65. The second kappa shape index (κ2) is 5.08. The van der Waals surface area contributed by atoms with E-state index in [1.807, 2.05) is 0 Å². The first-order valence-corrected chi connectivity index (χ1v) is 7.75. The Kier molecular flexibility index (Phi) is 3.47. The van der Waals surface area contributed by atoms with Crippen LogP contribution < -0.4 is 5.73 Å². The molecule has 118 valence electrons. The molecule has 0 bridgehead atoms. The number of thioether (sulfide) groups is 1. The van der Waals surface area contributed by atoms with E-state index in [-0.39, 0.29) is 28.5 Å². The number of fused-ring (bicyclic) bond motifs is 1. The van der Waals surface area contributed by atoms with Gasteiger partial charge in [-0.05, 0) is 12.7 Å².